The van der Waals surface area contributed by atoms with Crippen LogP contribution in [0.1, 0.15) is 64.1 Å². The van der Waals surface area contributed by atoms with Gasteiger partial charge in [0.25, 0.3) is 5.91 Å². The van der Waals surface area contributed by atoms with E-state index in [9.17, 15) is 22.8 Å². The first-order chi connectivity index (χ1) is 23.4. The van der Waals surface area contributed by atoms with Crippen LogP contribution in [0.4, 0.5) is 13.2 Å². The van der Waals surface area contributed by atoms with Crippen molar-refractivity contribution in [3.8, 4) is 5.75 Å². The molecule has 1 fully saturated rings. The molecule has 0 aromatic heterocycles. The summed E-state index contributed by atoms with van der Waals surface area (Å²) in [4.78, 5) is 35.2. The number of ether oxygens (including phenoxy) is 1. The number of hydrogen-bond acceptors (Lipinski definition) is 5. The molecule has 4 aromatic carbocycles. The minimum atomic E-state index is -4.61. The van der Waals surface area contributed by atoms with Crippen molar-refractivity contribution in [1.29, 1.82) is 0 Å². The van der Waals surface area contributed by atoms with Crippen molar-refractivity contribution in [1.82, 2.24) is 15.1 Å². The molecule has 1 saturated heterocycles. The Balaban J connectivity index is 1.47. The van der Waals surface area contributed by atoms with Gasteiger partial charge < -0.3 is 10.1 Å². The third-order valence-corrected chi connectivity index (χ3v) is 8.85. The summed E-state index contributed by atoms with van der Waals surface area (Å²) in [5.41, 5.74) is 2.09. The number of halogens is 5. The highest BCUT2D eigenvalue weighted by Crippen LogP contribution is 2.46. The summed E-state index contributed by atoms with van der Waals surface area (Å²) in [5.74, 6) is -0.326. The zero-order valence-corrected chi connectivity index (χ0v) is 28.2. The van der Waals surface area contributed by atoms with Crippen molar-refractivity contribution in [3.05, 3.63) is 134 Å². The van der Waals surface area contributed by atoms with E-state index in [0.717, 1.165) is 28.8 Å². The smallest absolute Gasteiger partial charge is 0.416 e. The molecule has 0 saturated carbocycles. The largest absolute Gasteiger partial charge is 0.490 e. The second-order valence-electron chi connectivity index (χ2n) is 12.3. The summed E-state index contributed by atoms with van der Waals surface area (Å²) >= 11 is 12.5. The molecule has 2 aliphatic rings. The number of carbonyl (C=O) groups excluding carboxylic acids is 2. The predicted octanol–water partition coefficient (Wildman–Crippen LogP) is 8.12. The highest BCUT2D eigenvalue weighted by molar-refractivity contribution is 6.30. The lowest BCUT2D eigenvalue weighted by molar-refractivity contribution is -0.137. The lowest BCUT2D eigenvalue weighted by atomic mass is 9.93. The Morgan fingerprint density at radius 1 is 0.939 bits per heavy atom. The van der Waals surface area contributed by atoms with Crippen molar-refractivity contribution < 1.29 is 27.5 Å². The van der Waals surface area contributed by atoms with E-state index < -0.39 is 35.8 Å². The Morgan fingerprint density at radius 2 is 1.57 bits per heavy atom. The number of aliphatic imine (C=N–C) groups is 1. The van der Waals surface area contributed by atoms with Gasteiger partial charge in [-0.1, -0.05) is 59.6 Å². The molecule has 49 heavy (non-hydrogen) atoms. The normalized spacial score (nSPS) is 18.4. The number of alkyl halides is 3. The van der Waals surface area contributed by atoms with Gasteiger partial charge in [-0.15, -0.1) is 0 Å². The summed E-state index contributed by atoms with van der Waals surface area (Å²) in [6, 6.07) is 23.1. The fraction of sp³-hybridized carbons (Fsp3) is 0.270. The number of benzene rings is 4. The monoisotopic (exact) mass is 708 g/mol. The SMILES string of the molecule is CC(C)Oc1cc(C(F)(F)F)ccc1C1=NC(c2ccc(Cl)cc2)C(c2ccc(Cl)cc2)N1C(=O)c1ccc(CN2CCNC(=O)C2)cc1. The van der Waals surface area contributed by atoms with Crippen LogP contribution in [0.5, 0.6) is 5.75 Å². The Labute approximate surface area is 292 Å². The molecule has 2 heterocycles. The average Bonchev–Trinajstić information content (AvgIpc) is 3.45. The minimum absolute atomic E-state index is 0.0357. The van der Waals surface area contributed by atoms with Gasteiger partial charge in [0.15, 0.2) is 0 Å². The molecule has 0 spiro atoms. The maximum atomic E-state index is 14.7. The molecule has 2 aliphatic heterocycles. The molecule has 2 amide bonds. The first kappa shape index (κ1) is 34.5. The van der Waals surface area contributed by atoms with Crippen LogP contribution in [0, 0.1) is 0 Å². The van der Waals surface area contributed by atoms with Gasteiger partial charge in [-0.2, -0.15) is 13.2 Å². The minimum Gasteiger partial charge on any atom is -0.490 e. The van der Waals surface area contributed by atoms with Crippen molar-refractivity contribution in [3.63, 3.8) is 0 Å². The summed E-state index contributed by atoms with van der Waals surface area (Å²) in [6.45, 7) is 5.54. The number of nitrogens with zero attached hydrogens (tertiary/aromatic N) is 3. The van der Waals surface area contributed by atoms with Crippen LogP contribution in [0.2, 0.25) is 10.0 Å². The molecule has 2 unspecified atom stereocenters. The number of amidine groups is 1. The molecule has 0 radical (unpaired) electrons. The molecule has 12 heteroatoms. The second-order valence-corrected chi connectivity index (χ2v) is 13.1. The number of nitrogens with one attached hydrogen (secondary N) is 1. The summed E-state index contributed by atoms with van der Waals surface area (Å²) in [6.07, 6.45) is -5.08. The molecular formula is C37H33Cl2F3N4O3. The third-order valence-electron chi connectivity index (χ3n) is 8.35. The zero-order chi connectivity index (χ0) is 34.9. The molecular weight excluding hydrogens is 676 g/mol. The Hall–Kier alpha value is -4.38. The number of rotatable bonds is 8. The average molecular weight is 710 g/mol. The predicted molar refractivity (Wildman–Crippen MR) is 183 cm³/mol. The highest BCUT2D eigenvalue weighted by atomic mass is 35.5. The third kappa shape index (κ3) is 7.77. The van der Waals surface area contributed by atoms with Crippen LogP contribution < -0.4 is 10.1 Å². The van der Waals surface area contributed by atoms with E-state index in [4.69, 9.17) is 32.9 Å². The van der Waals surface area contributed by atoms with E-state index in [2.05, 4.69) is 5.32 Å². The Bertz CT molecular complexity index is 1860. The Kier molecular flexibility index (Phi) is 10.0. The van der Waals surface area contributed by atoms with E-state index >= 15 is 0 Å². The quantitative estimate of drug-likeness (QED) is 0.201. The van der Waals surface area contributed by atoms with E-state index in [-0.39, 0.29) is 29.6 Å². The first-order valence-corrected chi connectivity index (χ1v) is 16.5. The summed E-state index contributed by atoms with van der Waals surface area (Å²) in [7, 11) is 0. The van der Waals surface area contributed by atoms with Crippen molar-refractivity contribution in [2.45, 2.75) is 44.8 Å². The van der Waals surface area contributed by atoms with Crippen LogP contribution in [-0.2, 0) is 17.5 Å². The van der Waals surface area contributed by atoms with E-state index in [0.29, 0.717) is 35.2 Å². The van der Waals surface area contributed by atoms with E-state index in [1.807, 2.05) is 41.3 Å². The van der Waals surface area contributed by atoms with Crippen molar-refractivity contribution in [2.75, 3.05) is 19.6 Å². The number of piperazine rings is 1. The fourth-order valence-electron chi connectivity index (χ4n) is 6.08. The van der Waals surface area contributed by atoms with Crippen LogP contribution in [0.15, 0.2) is 96.0 Å². The van der Waals surface area contributed by atoms with Crippen LogP contribution in [0.25, 0.3) is 0 Å². The van der Waals surface area contributed by atoms with Gasteiger partial charge in [-0.3, -0.25) is 24.4 Å². The van der Waals surface area contributed by atoms with Gasteiger partial charge >= 0.3 is 6.18 Å². The fourth-order valence-corrected chi connectivity index (χ4v) is 6.33. The molecule has 1 N–H and O–H groups in total. The van der Waals surface area contributed by atoms with Gasteiger partial charge in [0.1, 0.15) is 17.6 Å². The molecule has 0 aliphatic carbocycles. The Morgan fingerprint density at radius 3 is 2.16 bits per heavy atom. The topological polar surface area (TPSA) is 74.2 Å². The standard InChI is InChI=1S/C37H33Cl2F3N4O3/c1-22(2)49-31-19-27(37(40,41)42)11-16-30(31)35-44-33(24-7-12-28(38)13-8-24)34(25-9-14-29(39)15-10-25)46(35)36(48)26-5-3-23(4-6-26)20-45-18-17-43-32(47)21-45/h3-16,19,22,33-34H,17-18,20-21H2,1-2H3,(H,43,47). The maximum Gasteiger partial charge on any atom is 0.416 e. The van der Waals surface area contributed by atoms with Gasteiger partial charge in [-0.25, -0.2) is 0 Å². The molecule has 254 valence electrons. The van der Waals surface area contributed by atoms with Crippen LogP contribution in [0.3, 0.4) is 0 Å². The number of carbonyl (C=O) groups is 2. The van der Waals surface area contributed by atoms with Gasteiger partial charge in [-0.05, 0) is 85.1 Å². The summed E-state index contributed by atoms with van der Waals surface area (Å²) in [5, 5.41) is 3.83. The lowest BCUT2D eigenvalue weighted by Gasteiger charge is -2.30. The van der Waals surface area contributed by atoms with Crippen molar-refractivity contribution >= 4 is 40.9 Å². The van der Waals surface area contributed by atoms with Crippen LogP contribution in [-0.4, -0.2) is 53.2 Å². The van der Waals surface area contributed by atoms with E-state index in [1.54, 1.807) is 50.2 Å². The van der Waals surface area contributed by atoms with Gasteiger partial charge in [0.2, 0.25) is 5.91 Å². The van der Waals surface area contributed by atoms with Crippen LogP contribution >= 0.6 is 23.2 Å². The van der Waals surface area contributed by atoms with Gasteiger partial charge in [0, 0.05) is 35.2 Å². The highest BCUT2D eigenvalue weighted by Gasteiger charge is 2.44. The van der Waals surface area contributed by atoms with Gasteiger partial charge in [0.05, 0.1) is 29.8 Å². The molecule has 2 atom stereocenters. The molecule has 6 rings (SSSR count). The molecule has 0 bridgehead atoms. The second kappa shape index (κ2) is 14.2. The first-order valence-electron chi connectivity index (χ1n) is 15.8. The molecule has 7 nitrogen and oxygen atoms in total. The molecule has 4 aromatic rings. The maximum absolute atomic E-state index is 14.7. The number of hydrogen-bond donors (Lipinski definition) is 1. The zero-order valence-electron chi connectivity index (χ0n) is 26.7. The van der Waals surface area contributed by atoms with E-state index in [1.165, 1.54) is 11.0 Å². The van der Waals surface area contributed by atoms with Crippen molar-refractivity contribution in [2.24, 2.45) is 4.99 Å². The number of amides is 2. The summed E-state index contributed by atoms with van der Waals surface area (Å²) < 4.78 is 47.6. The lowest BCUT2D eigenvalue weighted by Crippen LogP contribution is -2.47.